The molecule has 1 amide bonds. The largest absolute Gasteiger partial charge is 0.483 e. The standard InChI is InChI=1S/C18H16BrN3O2/c1-12-6-7-17(15(19)8-12)24-11-18(23)22-21-10-13-9-20-16-5-3-2-4-14(13)16/h2-10,20H,11H2,1H3,(H,22,23)/b21-10+. The van der Waals surface area contributed by atoms with Gasteiger partial charge in [0.25, 0.3) is 5.91 Å². The number of benzene rings is 2. The third-order valence-electron chi connectivity index (χ3n) is 3.46. The molecular formula is C18H16BrN3O2. The first-order valence-corrected chi connectivity index (χ1v) is 8.20. The molecule has 0 saturated carbocycles. The van der Waals surface area contributed by atoms with Crippen LogP contribution >= 0.6 is 15.9 Å². The van der Waals surface area contributed by atoms with Gasteiger partial charge in [-0.25, -0.2) is 5.43 Å². The van der Waals surface area contributed by atoms with Crippen LogP contribution in [0.15, 0.2) is 58.2 Å². The second-order valence-electron chi connectivity index (χ2n) is 5.31. The van der Waals surface area contributed by atoms with Crippen LogP contribution in [-0.2, 0) is 4.79 Å². The molecule has 0 radical (unpaired) electrons. The molecule has 5 nitrogen and oxygen atoms in total. The molecule has 3 rings (SSSR count). The van der Waals surface area contributed by atoms with Gasteiger partial charge in [-0.1, -0.05) is 24.3 Å². The zero-order valence-corrected chi connectivity index (χ0v) is 14.6. The first-order valence-electron chi connectivity index (χ1n) is 7.40. The van der Waals surface area contributed by atoms with Gasteiger partial charge in [0.05, 0.1) is 10.7 Å². The molecule has 0 aliphatic carbocycles. The summed E-state index contributed by atoms with van der Waals surface area (Å²) in [6.07, 6.45) is 3.46. The smallest absolute Gasteiger partial charge is 0.277 e. The zero-order chi connectivity index (χ0) is 16.9. The van der Waals surface area contributed by atoms with Crippen molar-refractivity contribution in [2.45, 2.75) is 6.92 Å². The molecule has 2 aromatic carbocycles. The molecule has 0 aliphatic heterocycles. The van der Waals surface area contributed by atoms with Crippen molar-refractivity contribution in [2.75, 3.05) is 6.61 Å². The van der Waals surface area contributed by atoms with E-state index in [1.54, 1.807) is 6.21 Å². The van der Waals surface area contributed by atoms with Gasteiger partial charge in [0.2, 0.25) is 0 Å². The highest BCUT2D eigenvalue weighted by molar-refractivity contribution is 9.10. The zero-order valence-electron chi connectivity index (χ0n) is 13.0. The Morgan fingerprint density at radius 2 is 2.17 bits per heavy atom. The number of ether oxygens (including phenoxy) is 1. The fourth-order valence-electron chi connectivity index (χ4n) is 2.27. The Hall–Kier alpha value is -2.60. The lowest BCUT2D eigenvalue weighted by Gasteiger charge is -2.07. The van der Waals surface area contributed by atoms with Crippen LogP contribution in [0.4, 0.5) is 0 Å². The SMILES string of the molecule is Cc1ccc(OCC(=O)N/N=C/c2c[nH]c3ccccc23)c(Br)c1. The average molecular weight is 386 g/mol. The fraction of sp³-hybridized carbons (Fsp3) is 0.111. The van der Waals surface area contributed by atoms with E-state index in [-0.39, 0.29) is 12.5 Å². The maximum Gasteiger partial charge on any atom is 0.277 e. The first kappa shape index (κ1) is 16.3. The molecule has 122 valence electrons. The number of carbonyl (C=O) groups excluding carboxylic acids is 1. The van der Waals surface area contributed by atoms with E-state index in [1.807, 2.05) is 55.6 Å². The van der Waals surface area contributed by atoms with Crippen molar-refractivity contribution >= 4 is 39.0 Å². The van der Waals surface area contributed by atoms with Crippen molar-refractivity contribution in [2.24, 2.45) is 5.10 Å². The highest BCUT2D eigenvalue weighted by Gasteiger charge is 2.05. The number of halogens is 1. The number of aromatic amines is 1. The van der Waals surface area contributed by atoms with Crippen molar-refractivity contribution < 1.29 is 9.53 Å². The average Bonchev–Trinajstić information content (AvgIpc) is 2.97. The molecule has 0 unspecified atom stereocenters. The van der Waals surface area contributed by atoms with Gasteiger partial charge in [0, 0.05) is 22.7 Å². The number of aryl methyl sites for hydroxylation is 1. The minimum atomic E-state index is -0.321. The molecule has 0 bridgehead atoms. The van der Waals surface area contributed by atoms with E-state index in [9.17, 15) is 4.79 Å². The molecule has 6 heteroatoms. The molecule has 0 fully saturated rings. The normalized spacial score (nSPS) is 11.1. The number of hydrogen-bond donors (Lipinski definition) is 2. The summed E-state index contributed by atoms with van der Waals surface area (Å²) in [5.74, 6) is 0.301. The van der Waals surface area contributed by atoms with Gasteiger partial charge in [-0.2, -0.15) is 5.10 Å². The third kappa shape index (κ3) is 3.83. The number of hydrazone groups is 1. The maximum atomic E-state index is 11.8. The molecule has 2 N–H and O–H groups in total. The Bertz CT molecular complexity index is 902. The van der Waals surface area contributed by atoms with E-state index in [2.05, 4.69) is 31.4 Å². The Balaban J connectivity index is 1.55. The lowest BCUT2D eigenvalue weighted by atomic mass is 10.2. The topological polar surface area (TPSA) is 66.5 Å². The quantitative estimate of drug-likeness (QED) is 0.518. The summed E-state index contributed by atoms with van der Waals surface area (Å²) < 4.78 is 6.29. The highest BCUT2D eigenvalue weighted by Crippen LogP contribution is 2.25. The number of carbonyl (C=O) groups is 1. The minimum Gasteiger partial charge on any atom is -0.483 e. The fourth-order valence-corrected chi connectivity index (χ4v) is 2.88. The Labute approximate surface area is 147 Å². The first-order chi connectivity index (χ1) is 11.6. The van der Waals surface area contributed by atoms with Crippen molar-refractivity contribution in [3.8, 4) is 5.75 Å². The molecular weight excluding hydrogens is 370 g/mol. The lowest BCUT2D eigenvalue weighted by Crippen LogP contribution is -2.24. The second-order valence-corrected chi connectivity index (χ2v) is 6.16. The van der Waals surface area contributed by atoms with E-state index >= 15 is 0 Å². The molecule has 0 aliphatic rings. The third-order valence-corrected chi connectivity index (χ3v) is 4.08. The number of hydrogen-bond acceptors (Lipinski definition) is 3. The molecule has 0 atom stereocenters. The number of amides is 1. The van der Waals surface area contributed by atoms with Gasteiger partial charge in [0.1, 0.15) is 5.75 Å². The van der Waals surface area contributed by atoms with E-state index < -0.39 is 0 Å². The molecule has 0 spiro atoms. The Kier molecular flexibility index (Phi) is 4.96. The van der Waals surface area contributed by atoms with Crippen LogP contribution in [0.5, 0.6) is 5.75 Å². The van der Waals surface area contributed by atoms with Gasteiger partial charge in [-0.3, -0.25) is 4.79 Å². The molecule has 1 aromatic heterocycles. The van der Waals surface area contributed by atoms with Gasteiger partial charge >= 0.3 is 0 Å². The molecule has 1 heterocycles. The van der Waals surface area contributed by atoms with E-state index in [1.165, 1.54) is 0 Å². The molecule has 0 saturated heterocycles. The molecule has 24 heavy (non-hydrogen) atoms. The lowest BCUT2D eigenvalue weighted by molar-refractivity contribution is -0.123. The van der Waals surface area contributed by atoms with Crippen LogP contribution in [0.2, 0.25) is 0 Å². The van der Waals surface area contributed by atoms with E-state index in [0.29, 0.717) is 5.75 Å². The number of aromatic nitrogens is 1. The van der Waals surface area contributed by atoms with Gasteiger partial charge < -0.3 is 9.72 Å². The van der Waals surface area contributed by atoms with Crippen LogP contribution in [0, 0.1) is 6.92 Å². The summed E-state index contributed by atoms with van der Waals surface area (Å²) in [5.41, 5.74) is 5.51. The summed E-state index contributed by atoms with van der Waals surface area (Å²) in [6.45, 7) is 1.88. The predicted octanol–water partition coefficient (Wildman–Crippen LogP) is 3.77. The maximum absolute atomic E-state index is 11.8. The number of H-pyrrole nitrogens is 1. The van der Waals surface area contributed by atoms with Crippen LogP contribution in [-0.4, -0.2) is 23.7 Å². The number of fused-ring (bicyclic) bond motifs is 1. The van der Waals surface area contributed by atoms with Crippen molar-refractivity contribution in [1.82, 2.24) is 10.4 Å². The van der Waals surface area contributed by atoms with Gasteiger partial charge in [0.15, 0.2) is 6.61 Å². The van der Waals surface area contributed by atoms with Crippen LogP contribution in [0.3, 0.4) is 0 Å². The van der Waals surface area contributed by atoms with Crippen molar-refractivity contribution in [3.63, 3.8) is 0 Å². The van der Waals surface area contributed by atoms with Crippen LogP contribution in [0.25, 0.3) is 10.9 Å². The summed E-state index contributed by atoms with van der Waals surface area (Å²) in [7, 11) is 0. The number of nitrogens with one attached hydrogen (secondary N) is 2. The van der Waals surface area contributed by atoms with E-state index in [4.69, 9.17) is 4.74 Å². The number of rotatable bonds is 5. The predicted molar refractivity (Wildman–Crippen MR) is 98.4 cm³/mol. The molecule has 3 aromatic rings. The summed E-state index contributed by atoms with van der Waals surface area (Å²) in [6, 6.07) is 13.6. The Morgan fingerprint density at radius 1 is 1.33 bits per heavy atom. The Morgan fingerprint density at radius 3 is 3.00 bits per heavy atom. The van der Waals surface area contributed by atoms with E-state index in [0.717, 1.165) is 26.5 Å². The van der Waals surface area contributed by atoms with Gasteiger partial charge in [-0.15, -0.1) is 0 Å². The number of para-hydroxylation sites is 1. The summed E-state index contributed by atoms with van der Waals surface area (Å²) >= 11 is 3.41. The minimum absolute atomic E-state index is 0.104. The van der Waals surface area contributed by atoms with Crippen molar-refractivity contribution in [3.05, 3.63) is 64.3 Å². The monoisotopic (exact) mass is 385 g/mol. The highest BCUT2D eigenvalue weighted by atomic mass is 79.9. The van der Waals surface area contributed by atoms with Gasteiger partial charge in [-0.05, 0) is 46.6 Å². The summed E-state index contributed by atoms with van der Waals surface area (Å²) in [5, 5.41) is 5.03. The second kappa shape index (κ2) is 7.31. The van der Waals surface area contributed by atoms with Crippen molar-refractivity contribution in [1.29, 1.82) is 0 Å². The van der Waals surface area contributed by atoms with Crippen LogP contribution < -0.4 is 10.2 Å². The number of nitrogens with zero attached hydrogens (tertiary/aromatic N) is 1. The van der Waals surface area contributed by atoms with Crippen LogP contribution in [0.1, 0.15) is 11.1 Å². The summed E-state index contributed by atoms with van der Waals surface area (Å²) in [4.78, 5) is 15.0.